The largest absolute Gasteiger partial charge is 3.00 e. The molecule has 0 radical (unpaired) electrons. The Hall–Kier alpha value is -5.34. The molecule has 3 aromatic carbocycles. The van der Waals surface area contributed by atoms with Gasteiger partial charge in [-0.15, -0.1) is 0 Å². The molecule has 0 spiro atoms. The number of rotatable bonds is 0. The maximum absolute atomic E-state index is 10.7. The van der Waals surface area contributed by atoms with E-state index in [-0.39, 0.29) is 16.8 Å². The maximum atomic E-state index is 9.87. The third-order valence-electron chi connectivity index (χ3n) is 7.03. The topological polar surface area (TPSA) is 77.3 Å². The van der Waals surface area contributed by atoms with Crippen molar-refractivity contribution in [1.29, 1.82) is 0 Å². The van der Waals surface area contributed by atoms with Crippen LogP contribution < -0.4 is 0 Å². The van der Waals surface area contributed by atoms with Gasteiger partial charge in [-0.1, -0.05) is 72.8 Å². The molecular weight excluding hydrogens is 1010 g/mol. The van der Waals surface area contributed by atoms with E-state index in [1.807, 2.05) is 36.4 Å². The third kappa shape index (κ3) is 22.8. The average molecular weight is 1030 g/mol. The SMILES string of the molecule is F[P-](F)(F)(F)(F)F.F[P-](F)(F)(F)(F)F.F[P-](F)(F)(F)(F)F.[Co+3].c1cnc2c(c1)ccc1cccnc12.c1cnc2c(c1)ccc1cccnc12.c1cnc2c(c1)ccc1cccnc12. The zero-order valence-corrected chi connectivity index (χ0v) is 34.7. The van der Waals surface area contributed by atoms with Crippen molar-refractivity contribution in [3.63, 3.8) is 0 Å². The smallest absolute Gasteiger partial charge is 0.254 e. The molecule has 28 heteroatoms. The average Bonchev–Trinajstić information content (AvgIpc) is 3.15. The van der Waals surface area contributed by atoms with Crippen LogP contribution in [0.1, 0.15) is 0 Å². The van der Waals surface area contributed by atoms with Gasteiger partial charge in [0.1, 0.15) is 0 Å². The summed E-state index contributed by atoms with van der Waals surface area (Å²) in [5, 5.41) is 6.83. The molecule has 0 amide bonds. The molecule has 0 bridgehead atoms. The van der Waals surface area contributed by atoms with Crippen molar-refractivity contribution in [2.24, 2.45) is 0 Å². The Kier molecular flexibility index (Phi) is 13.7. The minimum absolute atomic E-state index is 0. The molecule has 0 fully saturated rings. The Bertz CT molecular complexity index is 2550. The van der Waals surface area contributed by atoms with E-state index in [1.165, 1.54) is 0 Å². The molecule has 6 aromatic heterocycles. The van der Waals surface area contributed by atoms with Gasteiger partial charge in [-0.2, -0.15) is 0 Å². The standard InChI is InChI=1S/3C12H8N2.Co.3F6P/c3*1-3-9-5-6-10-4-2-8-14-12(10)11(9)13-7-1;;3*1-7(2,3,4,5)6/h3*1-8H;;;;/q;;;+3;3*-1. The first-order valence-corrected chi connectivity index (χ1v) is 22.7. The molecule has 0 aliphatic rings. The summed E-state index contributed by atoms with van der Waals surface area (Å²) in [6.07, 6.45) is 10.8. The normalized spacial score (nSPS) is 14.7. The second-order valence-corrected chi connectivity index (χ2v) is 18.3. The summed E-state index contributed by atoms with van der Waals surface area (Å²) < 4.78 is 178. The molecule has 64 heavy (non-hydrogen) atoms. The number of halogens is 18. The molecule has 0 atom stereocenters. The van der Waals surface area contributed by atoms with Gasteiger partial charge in [0, 0.05) is 69.5 Å². The van der Waals surface area contributed by atoms with Crippen molar-refractivity contribution < 1.29 is 92.3 Å². The fraction of sp³-hybridized carbons (Fsp3) is 0. The zero-order chi connectivity index (χ0) is 47.4. The minimum Gasteiger partial charge on any atom is -0.254 e. The van der Waals surface area contributed by atoms with Crippen molar-refractivity contribution in [2.45, 2.75) is 0 Å². The Balaban J connectivity index is 0.000000211. The van der Waals surface area contributed by atoms with Gasteiger partial charge in [0.15, 0.2) is 0 Å². The summed E-state index contributed by atoms with van der Waals surface area (Å²) in [7, 11) is -32.0. The van der Waals surface area contributed by atoms with Crippen LogP contribution in [-0.2, 0) is 16.8 Å². The summed E-state index contributed by atoms with van der Waals surface area (Å²) in [6, 6.07) is 36.4. The van der Waals surface area contributed by atoms with E-state index in [2.05, 4.69) is 103 Å². The summed E-state index contributed by atoms with van der Waals surface area (Å²) in [5.41, 5.74) is 5.86. The van der Waals surface area contributed by atoms with Crippen LogP contribution in [0.5, 0.6) is 0 Å². The van der Waals surface area contributed by atoms with Crippen LogP contribution in [0, 0.1) is 0 Å². The molecule has 0 saturated heterocycles. The molecule has 9 rings (SSSR count). The number of hydrogen-bond acceptors (Lipinski definition) is 6. The van der Waals surface area contributed by atoms with Crippen LogP contribution in [-0.4, -0.2) is 29.9 Å². The Labute approximate surface area is 356 Å². The molecule has 348 valence electrons. The summed E-state index contributed by atoms with van der Waals surface area (Å²) in [6.45, 7) is 0. The molecular formula is C36H24CoF18N6P3. The van der Waals surface area contributed by atoms with Crippen molar-refractivity contribution in [3.8, 4) is 0 Å². The Morgan fingerprint density at radius 2 is 0.328 bits per heavy atom. The Morgan fingerprint density at radius 1 is 0.219 bits per heavy atom. The molecule has 0 aliphatic heterocycles. The number of benzene rings is 3. The predicted molar refractivity (Wildman–Crippen MR) is 212 cm³/mol. The predicted octanol–water partition coefficient (Wildman–Crippen LogP) is 18.5. The fourth-order valence-electron chi connectivity index (χ4n) is 5.04. The van der Waals surface area contributed by atoms with E-state index < -0.39 is 23.4 Å². The summed E-state index contributed by atoms with van der Waals surface area (Å²) >= 11 is 0. The van der Waals surface area contributed by atoms with Crippen molar-refractivity contribution in [2.75, 3.05) is 0 Å². The first kappa shape index (κ1) is 53.0. The van der Waals surface area contributed by atoms with Gasteiger partial charge in [0.25, 0.3) is 0 Å². The second kappa shape index (κ2) is 16.6. The van der Waals surface area contributed by atoms with Crippen LogP contribution in [0.2, 0.25) is 0 Å². The number of nitrogens with zero attached hydrogens (tertiary/aromatic N) is 6. The second-order valence-electron chi connectivity index (χ2n) is 12.5. The molecule has 0 unspecified atom stereocenters. The monoisotopic (exact) mass is 1030 g/mol. The van der Waals surface area contributed by atoms with Crippen LogP contribution in [0.3, 0.4) is 0 Å². The number of hydrogen-bond donors (Lipinski definition) is 0. The van der Waals surface area contributed by atoms with Crippen molar-refractivity contribution >= 4 is 88.8 Å². The van der Waals surface area contributed by atoms with E-state index in [9.17, 15) is 75.5 Å². The van der Waals surface area contributed by atoms with E-state index in [1.54, 1.807) is 37.2 Å². The van der Waals surface area contributed by atoms with Gasteiger partial charge in [-0.25, -0.2) is 0 Å². The van der Waals surface area contributed by atoms with Crippen LogP contribution in [0.25, 0.3) is 65.4 Å². The molecule has 9 aromatic rings. The van der Waals surface area contributed by atoms with Gasteiger partial charge in [-0.3, -0.25) is 29.9 Å². The van der Waals surface area contributed by atoms with E-state index >= 15 is 0 Å². The first-order valence-electron chi connectivity index (χ1n) is 16.6. The van der Waals surface area contributed by atoms with Crippen molar-refractivity contribution in [1.82, 2.24) is 29.9 Å². The maximum Gasteiger partial charge on any atom is 3.00 e. The van der Waals surface area contributed by atoms with E-state index in [0.717, 1.165) is 65.4 Å². The quantitative estimate of drug-likeness (QED) is 0.0856. The van der Waals surface area contributed by atoms with Gasteiger partial charge in [0.05, 0.1) is 33.1 Å². The van der Waals surface area contributed by atoms with Gasteiger partial charge >= 0.3 is 116 Å². The minimum atomic E-state index is -10.7. The molecule has 0 N–H and O–H groups in total. The molecule has 6 heterocycles. The molecule has 0 aliphatic carbocycles. The molecule has 0 saturated carbocycles. The van der Waals surface area contributed by atoms with Crippen LogP contribution in [0.15, 0.2) is 146 Å². The van der Waals surface area contributed by atoms with Crippen LogP contribution in [0.4, 0.5) is 75.5 Å². The number of fused-ring (bicyclic) bond motifs is 9. The van der Waals surface area contributed by atoms with Crippen LogP contribution >= 0.6 is 23.4 Å². The van der Waals surface area contributed by atoms with Gasteiger partial charge < -0.3 is 0 Å². The number of aromatic nitrogens is 6. The third-order valence-corrected chi connectivity index (χ3v) is 7.03. The summed E-state index contributed by atoms with van der Waals surface area (Å²) in [4.78, 5) is 26.1. The number of pyridine rings is 6. The van der Waals surface area contributed by atoms with E-state index in [0.29, 0.717) is 0 Å². The van der Waals surface area contributed by atoms with Gasteiger partial charge in [0.2, 0.25) is 0 Å². The summed E-state index contributed by atoms with van der Waals surface area (Å²) in [5.74, 6) is 0. The van der Waals surface area contributed by atoms with Gasteiger partial charge in [-0.05, 0) is 36.4 Å². The zero-order valence-electron chi connectivity index (χ0n) is 31.0. The first-order chi connectivity index (χ1) is 28.2. The Morgan fingerprint density at radius 3 is 0.438 bits per heavy atom. The van der Waals surface area contributed by atoms with Crippen molar-refractivity contribution in [3.05, 3.63) is 146 Å². The fourth-order valence-corrected chi connectivity index (χ4v) is 5.04. The van der Waals surface area contributed by atoms with E-state index in [4.69, 9.17) is 0 Å². The molecule has 6 nitrogen and oxygen atoms in total.